The van der Waals surface area contributed by atoms with Gasteiger partial charge in [0.05, 0.1) is 6.04 Å². The first kappa shape index (κ1) is 13.7. The molecule has 1 heterocycles. The van der Waals surface area contributed by atoms with E-state index in [-0.39, 0.29) is 0 Å². The number of nitrogens with zero attached hydrogens (tertiary/aromatic N) is 1. The van der Waals surface area contributed by atoms with Crippen LogP contribution in [0.3, 0.4) is 0 Å². The molecule has 20 heavy (non-hydrogen) atoms. The quantitative estimate of drug-likeness (QED) is 0.772. The Hall–Kier alpha value is -1.25. The van der Waals surface area contributed by atoms with E-state index >= 15 is 0 Å². The molecule has 0 unspecified atom stereocenters. The zero-order chi connectivity index (χ0) is 14.1. The van der Waals surface area contributed by atoms with Crippen molar-refractivity contribution in [1.82, 2.24) is 5.32 Å². The van der Waals surface area contributed by atoms with Crippen LogP contribution in [0, 0.1) is 17.8 Å². The summed E-state index contributed by atoms with van der Waals surface area (Å²) in [5.74, 6) is 2.67. The lowest BCUT2D eigenvalue weighted by molar-refractivity contribution is 0.309. The van der Waals surface area contributed by atoms with Crippen molar-refractivity contribution in [3.63, 3.8) is 0 Å². The van der Waals surface area contributed by atoms with Gasteiger partial charge in [0, 0.05) is 11.6 Å². The van der Waals surface area contributed by atoms with Gasteiger partial charge in [-0.1, -0.05) is 38.8 Å². The fraction of sp³-hybridized carbons (Fsp3) is 0.706. The van der Waals surface area contributed by atoms with Crippen molar-refractivity contribution in [3.05, 3.63) is 23.4 Å². The molecule has 0 aromatic rings. The van der Waals surface area contributed by atoms with Crippen LogP contribution in [0.15, 0.2) is 28.4 Å². The van der Waals surface area contributed by atoms with Gasteiger partial charge in [-0.2, -0.15) is 0 Å². The number of allylic oxidation sites excluding steroid dienone is 3. The summed E-state index contributed by atoms with van der Waals surface area (Å²) < 4.78 is 0. The summed E-state index contributed by atoms with van der Waals surface area (Å²) in [7, 11) is 0. The maximum Gasteiger partial charge on any atom is 0.193 e. The number of guanidine groups is 1. The molecule has 3 rings (SSSR count). The molecule has 0 aromatic carbocycles. The number of hydrogen-bond acceptors (Lipinski definition) is 3. The first-order chi connectivity index (χ1) is 9.70. The minimum absolute atomic E-state index is 0.433. The van der Waals surface area contributed by atoms with Crippen LogP contribution in [0.5, 0.6) is 0 Å². The van der Waals surface area contributed by atoms with Crippen molar-refractivity contribution in [2.75, 3.05) is 0 Å². The Bertz CT molecular complexity index is 461. The average molecular weight is 273 g/mol. The molecule has 3 aliphatic rings. The summed E-state index contributed by atoms with van der Waals surface area (Å²) in [5.41, 5.74) is 8.86. The van der Waals surface area contributed by atoms with Gasteiger partial charge >= 0.3 is 0 Å². The Morgan fingerprint density at radius 3 is 3.05 bits per heavy atom. The molecule has 0 radical (unpaired) electrons. The molecule has 2 aliphatic carbocycles. The predicted molar refractivity (Wildman–Crippen MR) is 84.2 cm³/mol. The first-order valence-electron chi connectivity index (χ1n) is 8.21. The molecule has 3 nitrogen and oxygen atoms in total. The zero-order valence-corrected chi connectivity index (χ0v) is 12.7. The van der Waals surface area contributed by atoms with Crippen LogP contribution < -0.4 is 11.1 Å². The van der Waals surface area contributed by atoms with E-state index in [0.717, 1.165) is 5.92 Å². The van der Waals surface area contributed by atoms with Gasteiger partial charge < -0.3 is 11.1 Å². The van der Waals surface area contributed by atoms with Crippen LogP contribution in [0.25, 0.3) is 0 Å². The second-order valence-corrected chi connectivity index (χ2v) is 6.62. The summed E-state index contributed by atoms with van der Waals surface area (Å²) in [6, 6.07) is 0.433. The van der Waals surface area contributed by atoms with E-state index in [9.17, 15) is 0 Å². The van der Waals surface area contributed by atoms with Crippen LogP contribution >= 0.6 is 0 Å². The van der Waals surface area contributed by atoms with E-state index in [1.807, 2.05) is 0 Å². The van der Waals surface area contributed by atoms with Crippen LogP contribution in [0.2, 0.25) is 0 Å². The summed E-state index contributed by atoms with van der Waals surface area (Å²) in [4.78, 5) is 4.62. The van der Waals surface area contributed by atoms with E-state index in [2.05, 4.69) is 36.3 Å². The number of aliphatic imine (C=N–C) groups is 1. The van der Waals surface area contributed by atoms with Crippen molar-refractivity contribution in [2.24, 2.45) is 28.5 Å². The first-order valence-corrected chi connectivity index (χ1v) is 8.21. The molecule has 0 spiro atoms. The Kier molecular flexibility index (Phi) is 3.86. The standard InChI is InChI=1S/C17H27N3/c1-3-4-5-6-7-13-11(2)10-12-8-9-14-15(12)16(13)20-17(18)19-14/h6-7,11-12,14-15H,3-5,8-10H2,1-2H3,(H3,18,19,20)/t11-,12+,14+,15-/m1/s1. The largest absolute Gasteiger partial charge is 0.370 e. The highest BCUT2D eigenvalue weighted by Crippen LogP contribution is 2.48. The number of unbranched alkanes of at least 4 members (excludes halogenated alkanes) is 2. The van der Waals surface area contributed by atoms with Crippen molar-refractivity contribution in [1.29, 1.82) is 0 Å². The van der Waals surface area contributed by atoms with E-state index in [0.29, 0.717) is 23.8 Å². The smallest absolute Gasteiger partial charge is 0.193 e. The number of hydrogen-bond donors (Lipinski definition) is 2. The predicted octanol–water partition coefficient (Wildman–Crippen LogP) is 3.34. The molecule has 3 N–H and O–H groups in total. The molecule has 0 aromatic heterocycles. The third kappa shape index (κ3) is 2.38. The van der Waals surface area contributed by atoms with Crippen molar-refractivity contribution in [3.8, 4) is 0 Å². The second-order valence-electron chi connectivity index (χ2n) is 6.62. The van der Waals surface area contributed by atoms with Gasteiger partial charge in [-0.15, -0.1) is 0 Å². The Labute approximate surface area is 122 Å². The minimum Gasteiger partial charge on any atom is -0.370 e. The zero-order valence-electron chi connectivity index (χ0n) is 12.7. The molecule has 3 heteroatoms. The van der Waals surface area contributed by atoms with Crippen molar-refractivity contribution in [2.45, 2.75) is 58.4 Å². The molecule has 4 atom stereocenters. The molecule has 0 bridgehead atoms. The third-order valence-electron chi connectivity index (χ3n) is 5.18. The van der Waals surface area contributed by atoms with E-state index in [1.54, 1.807) is 0 Å². The van der Waals surface area contributed by atoms with E-state index in [4.69, 9.17) is 5.73 Å². The molecule has 1 fully saturated rings. The van der Waals surface area contributed by atoms with Crippen LogP contribution in [0.1, 0.15) is 52.4 Å². The normalized spacial score (nSPS) is 36.0. The number of nitrogens with two attached hydrogens (primary N) is 1. The van der Waals surface area contributed by atoms with Crippen LogP contribution in [-0.2, 0) is 0 Å². The topological polar surface area (TPSA) is 50.4 Å². The highest BCUT2D eigenvalue weighted by atomic mass is 15.2. The lowest BCUT2D eigenvalue weighted by Gasteiger charge is -2.38. The van der Waals surface area contributed by atoms with Crippen LogP contribution in [0.4, 0.5) is 0 Å². The molecule has 1 saturated carbocycles. The van der Waals surface area contributed by atoms with Gasteiger partial charge in [-0.05, 0) is 43.1 Å². The van der Waals surface area contributed by atoms with E-state index in [1.165, 1.54) is 49.8 Å². The van der Waals surface area contributed by atoms with Crippen molar-refractivity contribution >= 4 is 5.96 Å². The highest BCUT2D eigenvalue weighted by Gasteiger charge is 2.45. The van der Waals surface area contributed by atoms with Gasteiger partial charge in [-0.25, -0.2) is 4.99 Å². The van der Waals surface area contributed by atoms with Gasteiger partial charge in [0.2, 0.25) is 0 Å². The van der Waals surface area contributed by atoms with Gasteiger partial charge in [-0.3, -0.25) is 0 Å². The average Bonchev–Trinajstić information content (AvgIpc) is 2.80. The Balaban J connectivity index is 1.89. The monoisotopic (exact) mass is 273 g/mol. The summed E-state index contributed by atoms with van der Waals surface area (Å²) in [5, 5.41) is 3.40. The van der Waals surface area contributed by atoms with Crippen LogP contribution in [-0.4, -0.2) is 12.0 Å². The van der Waals surface area contributed by atoms with Crippen molar-refractivity contribution < 1.29 is 0 Å². The Morgan fingerprint density at radius 1 is 1.40 bits per heavy atom. The molecule has 110 valence electrons. The van der Waals surface area contributed by atoms with Gasteiger partial charge in [0.1, 0.15) is 0 Å². The molecular formula is C17H27N3. The molecular weight excluding hydrogens is 246 g/mol. The number of nitrogens with one attached hydrogen (secondary N) is 1. The lowest BCUT2D eigenvalue weighted by Crippen LogP contribution is -2.45. The number of rotatable bonds is 4. The molecule has 0 saturated heterocycles. The fourth-order valence-corrected chi connectivity index (χ4v) is 4.23. The highest BCUT2D eigenvalue weighted by molar-refractivity contribution is 5.81. The van der Waals surface area contributed by atoms with E-state index < -0.39 is 0 Å². The third-order valence-corrected chi connectivity index (χ3v) is 5.18. The second kappa shape index (κ2) is 5.63. The van der Waals surface area contributed by atoms with Gasteiger partial charge in [0.25, 0.3) is 0 Å². The molecule has 1 aliphatic heterocycles. The maximum atomic E-state index is 5.99. The van der Waals surface area contributed by atoms with Gasteiger partial charge in [0.15, 0.2) is 5.96 Å². The minimum atomic E-state index is 0.433. The SMILES string of the molecule is CCCCC=CC1=C2NC(N)=N[C@H]3CC[C@@H](C[C@H]1C)[C@@H]23. The lowest BCUT2D eigenvalue weighted by atomic mass is 9.73. The fourth-order valence-electron chi connectivity index (χ4n) is 4.23. The summed E-state index contributed by atoms with van der Waals surface area (Å²) in [6.07, 6.45) is 12.3. The summed E-state index contributed by atoms with van der Waals surface area (Å²) >= 11 is 0. The molecule has 0 amide bonds. The Morgan fingerprint density at radius 2 is 2.25 bits per heavy atom. The summed E-state index contributed by atoms with van der Waals surface area (Å²) in [6.45, 7) is 4.60. The maximum absolute atomic E-state index is 5.99.